The summed E-state index contributed by atoms with van der Waals surface area (Å²) in [4.78, 5) is 13.3. The van der Waals surface area contributed by atoms with Crippen LogP contribution in [0.1, 0.15) is 36.7 Å². The molecule has 21 heavy (non-hydrogen) atoms. The van der Waals surface area contributed by atoms with E-state index in [2.05, 4.69) is 61.0 Å². The molecule has 0 spiro atoms. The average Bonchev–Trinajstić information content (AvgIpc) is 2.45. The van der Waals surface area contributed by atoms with Gasteiger partial charge in [0.1, 0.15) is 0 Å². The molecule has 2 aromatic rings. The number of thioether (sulfide) groups is 1. The monoisotopic (exact) mass is 362 g/mol. The van der Waals surface area contributed by atoms with E-state index >= 15 is 0 Å². The molecule has 0 atom stereocenters. The van der Waals surface area contributed by atoms with Crippen LogP contribution in [-0.4, -0.2) is 11.5 Å². The Morgan fingerprint density at radius 1 is 1.00 bits per heavy atom. The Morgan fingerprint density at radius 2 is 1.57 bits per heavy atom. The van der Waals surface area contributed by atoms with Crippen LogP contribution >= 0.6 is 27.7 Å². The predicted molar refractivity (Wildman–Crippen MR) is 94.3 cm³/mol. The number of rotatable bonds is 4. The molecule has 2 aromatic carbocycles. The molecule has 2 rings (SSSR count). The Labute approximate surface area is 139 Å². The van der Waals surface area contributed by atoms with Crippen LogP contribution in [0.15, 0.2) is 57.9 Å². The summed E-state index contributed by atoms with van der Waals surface area (Å²) in [5.41, 5.74) is 2.24. The highest BCUT2D eigenvalue weighted by Gasteiger charge is 2.13. The van der Waals surface area contributed by atoms with Gasteiger partial charge in [-0.3, -0.25) is 4.79 Å². The van der Waals surface area contributed by atoms with E-state index in [0.717, 1.165) is 14.9 Å². The summed E-state index contributed by atoms with van der Waals surface area (Å²) in [5, 5.41) is 0. The molecule has 1 nitrogen and oxygen atoms in total. The van der Waals surface area contributed by atoms with Gasteiger partial charge < -0.3 is 0 Å². The first kappa shape index (κ1) is 16.3. The topological polar surface area (TPSA) is 17.1 Å². The minimum Gasteiger partial charge on any atom is -0.293 e. The highest BCUT2D eigenvalue weighted by molar-refractivity contribution is 9.10. The van der Waals surface area contributed by atoms with Crippen molar-refractivity contribution in [1.29, 1.82) is 0 Å². The molecule has 110 valence electrons. The second-order valence-electron chi connectivity index (χ2n) is 5.99. The van der Waals surface area contributed by atoms with E-state index in [9.17, 15) is 4.79 Å². The third-order valence-corrected chi connectivity index (χ3v) is 4.80. The molecule has 3 heteroatoms. The summed E-state index contributed by atoms with van der Waals surface area (Å²) in [5.74, 6) is 0.628. The molecule has 0 fully saturated rings. The maximum atomic E-state index is 12.1. The molecule has 0 saturated heterocycles. The van der Waals surface area contributed by atoms with Gasteiger partial charge >= 0.3 is 0 Å². The van der Waals surface area contributed by atoms with Crippen molar-refractivity contribution >= 4 is 33.5 Å². The van der Waals surface area contributed by atoms with Gasteiger partial charge in [0.2, 0.25) is 0 Å². The van der Waals surface area contributed by atoms with Crippen LogP contribution in [0.3, 0.4) is 0 Å². The lowest BCUT2D eigenvalue weighted by Crippen LogP contribution is -2.10. The van der Waals surface area contributed by atoms with Crippen LogP contribution < -0.4 is 0 Å². The molecule has 0 radical (unpaired) electrons. The summed E-state index contributed by atoms with van der Waals surface area (Å²) >= 11 is 4.96. The third-order valence-electron chi connectivity index (χ3n) is 3.26. The van der Waals surface area contributed by atoms with Crippen LogP contribution in [-0.2, 0) is 5.41 Å². The molecular weight excluding hydrogens is 344 g/mol. The van der Waals surface area contributed by atoms with Crippen LogP contribution in [0.2, 0.25) is 0 Å². The predicted octanol–water partition coefficient (Wildman–Crippen LogP) is 5.72. The summed E-state index contributed by atoms with van der Waals surface area (Å²) < 4.78 is 0.990. The van der Waals surface area contributed by atoms with Gasteiger partial charge in [-0.15, -0.1) is 11.8 Å². The van der Waals surface area contributed by atoms with Gasteiger partial charge in [0.25, 0.3) is 0 Å². The highest BCUT2D eigenvalue weighted by Crippen LogP contribution is 2.26. The Morgan fingerprint density at radius 3 is 2.10 bits per heavy atom. The van der Waals surface area contributed by atoms with Gasteiger partial charge in [-0.05, 0) is 35.2 Å². The lowest BCUT2D eigenvalue weighted by atomic mass is 9.87. The summed E-state index contributed by atoms with van der Waals surface area (Å²) in [6.07, 6.45) is 0. The summed E-state index contributed by atoms with van der Waals surface area (Å²) in [6, 6.07) is 16.0. The Bertz CT molecular complexity index is 609. The highest BCUT2D eigenvalue weighted by atomic mass is 79.9. The number of ketones is 1. The first-order valence-electron chi connectivity index (χ1n) is 6.88. The van der Waals surface area contributed by atoms with E-state index in [1.54, 1.807) is 11.8 Å². The van der Waals surface area contributed by atoms with E-state index in [1.807, 2.05) is 24.3 Å². The zero-order valence-electron chi connectivity index (χ0n) is 12.5. The molecule has 0 N–H and O–H groups in total. The first-order valence-corrected chi connectivity index (χ1v) is 8.66. The van der Waals surface area contributed by atoms with Crippen molar-refractivity contribution in [2.75, 3.05) is 5.75 Å². The fraction of sp³-hybridized carbons (Fsp3) is 0.278. The Balaban J connectivity index is 1.97. The maximum absolute atomic E-state index is 12.1. The average molecular weight is 363 g/mol. The van der Waals surface area contributed by atoms with Crippen LogP contribution in [0, 0.1) is 0 Å². The number of carbonyl (C=O) groups excluding carboxylic acids is 1. The second kappa shape index (κ2) is 6.80. The fourth-order valence-corrected chi connectivity index (χ4v) is 2.98. The number of carbonyl (C=O) groups is 1. The van der Waals surface area contributed by atoms with Crippen LogP contribution in [0.25, 0.3) is 0 Å². The van der Waals surface area contributed by atoms with Gasteiger partial charge in [0, 0.05) is 14.9 Å². The molecule has 0 bridgehead atoms. The van der Waals surface area contributed by atoms with E-state index in [0.29, 0.717) is 5.75 Å². The van der Waals surface area contributed by atoms with Gasteiger partial charge in [0.15, 0.2) is 5.78 Å². The fourth-order valence-electron chi connectivity index (χ4n) is 1.92. The zero-order chi connectivity index (χ0) is 15.5. The van der Waals surface area contributed by atoms with Crippen molar-refractivity contribution in [3.05, 3.63) is 64.1 Å². The van der Waals surface area contributed by atoms with Crippen molar-refractivity contribution in [2.24, 2.45) is 0 Å². The molecule has 0 aliphatic carbocycles. The zero-order valence-corrected chi connectivity index (χ0v) is 14.9. The molecule has 0 saturated carbocycles. The van der Waals surface area contributed by atoms with E-state index in [-0.39, 0.29) is 11.2 Å². The molecule has 0 aliphatic rings. The summed E-state index contributed by atoms with van der Waals surface area (Å²) in [7, 11) is 0. The Hall–Kier alpha value is -1.06. The van der Waals surface area contributed by atoms with Crippen molar-refractivity contribution in [2.45, 2.75) is 31.1 Å². The number of hydrogen-bond acceptors (Lipinski definition) is 2. The number of benzene rings is 2. The van der Waals surface area contributed by atoms with E-state index < -0.39 is 0 Å². The number of hydrogen-bond donors (Lipinski definition) is 0. The number of Topliss-reactive ketones (excluding diaryl/α,β-unsaturated/α-hetero) is 1. The molecule has 0 heterocycles. The van der Waals surface area contributed by atoms with Gasteiger partial charge in [-0.1, -0.05) is 61.0 Å². The van der Waals surface area contributed by atoms with Gasteiger partial charge in [-0.2, -0.15) is 0 Å². The normalized spacial score (nSPS) is 11.4. The minimum atomic E-state index is 0.160. The lowest BCUT2D eigenvalue weighted by molar-refractivity contribution is 0.102. The number of halogens is 1. The molecule has 0 aliphatic heterocycles. The molecule has 0 aromatic heterocycles. The Kier molecular flexibility index (Phi) is 5.28. The molecule has 0 amide bonds. The molecule has 0 unspecified atom stereocenters. The van der Waals surface area contributed by atoms with Crippen molar-refractivity contribution in [3.8, 4) is 0 Å². The quantitative estimate of drug-likeness (QED) is 0.510. The minimum absolute atomic E-state index is 0.160. The van der Waals surface area contributed by atoms with Crippen molar-refractivity contribution in [3.63, 3.8) is 0 Å². The SMILES string of the molecule is CC(C)(C)c1ccc(SCC(=O)c2ccc(Br)cc2)cc1. The van der Waals surface area contributed by atoms with E-state index in [4.69, 9.17) is 0 Å². The maximum Gasteiger partial charge on any atom is 0.173 e. The second-order valence-corrected chi connectivity index (χ2v) is 7.96. The van der Waals surface area contributed by atoms with Crippen LogP contribution in [0.5, 0.6) is 0 Å². The van der Waals surface area contributed by atoms with Crippen LogP contribution in [0.4, 0.5) is 0 Å². The standard InChI is InChI=1S/C18H19BrOS/c1-18(2,3)14-6-10-16(11-7-14)21-12-17(20)13-4-8-15(19)9-5-13/h4-11H,12H2,1-3H3. The van der Waals surface area contributed by atoms with Crippen molar-refractivity contribution in [1.82, 2.24) is 0 Å². The van der Waals surface area contributed by atoms with Crippen molar-refractivity contribution < 1.29 is 4.79 Å². The largest absolute Gasteiger partial charge is 0.293 e. The van der Waals surface area contributed by atoms with E-state index in [1.165, 1.54) is 5.56 Å². The third kappa shape index (κ3) is 4.72. The first-order chi connectivity index (χ1) is 9.86. The van der Waals surface area contributed by atoms with Gasteiger partial charge in [-0.25, -0.2) is 0 Å². The molecular formula is C18H19BrOS. The van der Waals surface area contributed by atoms with Gasteiger partial charge in [0.05, 0.1) is 5.75 Å². The lowest BCUT2D eigenvalue weighted by Gasteiger charge is -2.19. The summed E-state index contributed by atoms with van der Waals surface area (Å²) in [6.45, 7) is 6.60. The smallest absolute Gasteiger partial charge is 0.173 e.